The Hall–Kier alpha value is -0.610. The highest BCUT2D eigenvalue weighted by molar-refractivity contribution is 5.77. The third-order valence-electron chi connectivity index (χ3n) is 2.80. The Morgan fingerprint density at radius 3 is 3.08 bits per heavy atom. The molecule has 2 fully saturated rings. The Morgan fingerprint density at radius 2 is 2.46 bits per heavy atom. The highest BCUT2D eigenvalue weighted by Gasteiger charge is 2.20. The Bertz CT molecular complexity index is 189. The zero-order valence-corrected chi connectivity index (χ0v) is 7.88. The van der Waals surface area contributed by atoms with Gasteiger partial charge in [-0.3, -0.25) is 10.2 Å². The number of hydrogen-bond acceptors (Lipinski definition) is 3. The second-order valence-corrected chi connectivity index (χ2v) is 3.85. The molecule has 2 aliphatic heterocycles. The van der Waals surface area contributed by atoms with Gasteiger partial charge in [0.2, 0.25) is 5.91 Å². The lowest BCUT2D eigenvalue weighted by Gasteiger charge is -2.17. The van der Waals surface area contributed by atoms with Gasteiger partial charge in [-0.2, -0.15) is 0 Å². The van der Waals surface area contributed by atoms with Gasteiger partial charge in [0.25, 0.3) is 0 Å². The molecule has 1 amide bonds. The Kier molecular flexibility index (Phi) is 2.80. The summed E-state index contributed by atoms with van der Waals surface area (Å²) in [6, 6.07) is 0.678. The summed E-state index contributed by atoms with van der Waals surface area (Å²) in [6.07, 6.45) is 4.41. The van der Waals surface area contributed by atoms with Crippen LogP contribution >= 0.6 is 0 Å². The van der Waals surface area contributed by atoms with Crippen molar-refractivity contribution >= 4 is 5.91 Å². The summed E-state index contributed by atoms with van der Waals surface area (Å²) in [4.78, 5) is 10.9. The zero-order valence-electron chi connectivity index (χ0n) is 7.88. The van der Waals surface area contributed by atoms with Gasteiger partial charge in [0, 0.05) is 25.6 Å². The Morgan fingerprint density at radius 1 is 1.54 bits per heavy atom. The molecular weight excluding hydrogens is 166 g/mol. The van der Waals surface area contributed by atoms with Crippen molar-refractivity contribution in [2.24, 2.45) is 0 Å². The molecule has 0 bridgehead atoms. The van der Waals surface area contributed by atoms with Gasteiger partial charge in [0.1, 0.15) is 0 Å². The van der Waals surface area contributed by atoms with Crippen LogP contribution in [0.2, 0.25) is 0 Å². The number of hydrazine groups is 1. The number of carbonyl (C=O) groups is 1. The maximum absolute atomic E-state index is 10.9. The summed E-state index contributed by atoms with van der Waals surface area (Å²) in [6.45, 7) is 3.03. The fraction of sp³-hybridized carbons (Fsp3) is 0.889. The van der Waals surface area contributed by atoms with Gasteiger partial charge in [0.05, 0.1) is 0 Å². The molecule has 0 aromatic heterocycles. The fourth-order valence-corrected chi connectivity index (χ4v) is 2.01. The summed E-state index contributed by atoms with van der Waals surface area (Å²) in [7, 11) is 0. The number of nitrogens with one attached hydrogen (secondary N) is 2. The summed E-state index contributed by atoms with van der Waals surface area (Å²) in [5.74, 6) is 0.166. The monoisotopic (exact) mass is 183 g/mol. The average Bonchev–Trinajstić information content (AvgIpc) is 2.71. The first kappa shape index (κ1) is 8.97. The van der Waals surface area contributed by atoms with Gasteiger partial charge >= 0.3 is 0 Å². The maximum Gasteiger partial charge on any atom is 0.235 e. The SMILES string of the molecule is O=C1CCN(CCC2CCCN2)N1. The number of carbonyl (C=O) groups excluding carboxylic acids is 1. The predicted molar refractivity (Wildman–Crippen MR) is 50.0 cm³/mol. The lowest BCUT2D eigenvalue weighted by Crippen LogP contribution is -2.36. The largest absolute Gasteiger partial charge is 0.314 e. The third kappa shape index (κ3) is 2.42. The van der Waals surface area contributed by atoms with Crippen molar-refractivity contribution in [2.45, 2.75) is 31.7 Å². The molecule has 0 aromatic carbocycles. The second kappa shape index (κ2) is 4.07. The molecule has 2 heterocycles. The molecule has 2 rings (SSSR count). The molecule has 4 heteroatoms. The summed E-state index contributed by atoms with van der Waals surface area (Å²) >= 11 is 0. The maximum atomic E-state index is 10.9. The van der Waals surface area contributed by atoms with Crippen molar-refractivity contribution in [3.05, 3.63) is 0 Å². The minimum absolute atomic E-state index is 0.166. The summed E-state index contributed by atoms with van der Waals surface area (Å²) in [5, 5.41) is 5.48. The fourth-order valence-electron chi connectivity index (χ4n) is 2.01. The molecule has 13 heavy (non-hydrogen) atoms. The van der Waals surface area contributed by atoms with Gasteiger partial charge in [0.15, 0.2) is 0 Å². The van der Waals surface area contributed by atoms with Crippen LogP contribution in [0.25, 0.3) is 0 Å². The van der Waals surface area contributed by atoms with E-state index in [4.69, 9.17) is 0 Å². The van der Waals surface area contributed by atoms with Crippen molar-refractivity contribution in [3.8, 4) is 0 Å². The van der Waals surface area contributed by atoms with Crippen LogP contribution in [0.1, 0.15) is 25.7 Å². The molecule has 2 N–H and O–H groups in total. The molecule has 2 aliphatic rings. The van der Waals surface area contributed by atoms with Crippen LogP contribution in [0.4, 0.5) is 0 Å². The topological polar surface area (TPSA) is 44.4 Å². The van der Waals surface area contributed by atoms with Gasteiger partial charge in [-0.1, -0.05) is 0 Å². The van der Waals surface area contributed by atoms with E-state index in [0.717, 1.165) is 26.1 Å². The van der Waals surface area contributed by atoms with Crippen molar-refractivity contribution in [1.82, 2.24) is 15.8 Å². The highest BCUT2D eigenvalue weighted by Crippen LogP contribution is 2.09. The lowest BCUT2D eigenvalue weighted by atomic mass is 10.1. The van der Waals surface area contributed by atoms with Crippen molar-refractivity contribution in [1.29, 1.82) is 0 Å². The molecular formula is C9H17N3O. The van der Waals surface area contributed by atoms with Crippen LogP contribution in [0.5, 0.6) is 0 Å². The van der Waals surface area contributed by atoms with Crippen LogP contribution < -0.4 is 10.7 Å². The van der Waals surface area contributed by atoms with Crippen molar-refractivity contribution in [2.75, 3.05) is 19.6 Å². The summed E-state index contributed by atoms with van der Waals surface area (Å²) in [5.41, 5.74) is 2.84. The van der Waals surface area contributed by atoms with Crippen LogP contribution in [-0.4, -0.2) is 36.6 Å². The molecule has 2 saturated heterocycles. The number of rotatable bonds is 3. The molecule has 4 nitrogen and oxygen atoms in total. The number of hydrogen-bond donors (Lipinski definition) is 2. The quantitative estimate of drug-likeness (QED) is 0.640. The van der Waals surface area contributed by atoms with E-state index in [0.29, 0.717) is 12.5 Å². The Labute approximate surface area is 78.6 Å². The normalized spacial score (nSPS) is 29.5. The second-order valence-electron chi connectivity index (χ2n) is 3.85. The first-order valence-corrected chi connectivity index (χ1v) is 5.12. The zero-order chi connectivity index (χ0) is 9.10. The van der Waals surface area contributed by atoms with Gasteiger partial charge in [-0.05, 0) is 25.8 Å². The molecule has 1 unspecified atom stereocenters. The van der Waals surface area contributed by atoms with E-state index >= 15 is 0 Å². The molecule has 0 aliphatic carbocycles. The van der Waals surface area contributed by atoms with E-state index < -0.39 is 0 Å². The smallest absolute Gasteiger partial charge is 0.235 e. The molecule has 0 radical (unpaired) electrons. The first-order chi connectivity index (χ1) is 6.34. The van der Waals surface area contributed by atoms with E-state index in [1.165, 1.54) is 12.8 Å². The first-order valence-electron chi connectivity index (χ1n) is 5.12. The van der Waals surface area contributed by atoms with Crippen molar-refractivity contribution in [3.63, 3.8) is 0 Å². The number of nitrogens with zero attached hydrogens (tertiary/aromatic N) is 1. The minimum Gasteiger partial charge on any atom is -0.314 e. The highest BCUT2D eigenvalue weighted by atomic mass is 16.2. The standard InChI is InChI=1S/C9H17N3O/c13-9-4-7-12(11-9)6-3-8-2-1-5-10-8/h8,10H,1-7H2,(H,11,13). The van der Waals surface area contributed by atoms with E-state index in [-0.39, 0.29) is 5.91 Å². The van der Waals surface area contributed by atoms with Gasteiger partial charge in [-0.25, -0.2) is 5.01 Å². The lowest BCUT2D eigenvalue weighted by molar-refractivity contribution is -0.121. The van der Waals surface area contributed by atoms with Crippen LogP contribution in [-0.2, 0) is 4.79 Å². The summed E-state index contributed by atoms with van der Waals surface area (Å²) < 4.78 is 0. The van der Waals surface area contributed by atoms with Crippen LogP contribution in [0, 0.1) is 0 Å². The van der Waals surface area contributed by atoms with Crippen molar-refractivity contribution < 1.29 is 4.79 Å². The molecule has 0 aromatic rings. The molecule has 0 saturated carbocycles. The molecule has 0 spiro atoms. The average molecular weight is 183 g/mol. The predicted octanol–water partition coefficient (Wildman–Crippen LogP) is -0.135. The molecule has 74 valence electrons. The third-order valence-corrected chi connectivity index (χ3v) is 2.80. The Balaban J connectivity index is 1.64. The van der Waals surface area contributed by atoms with E-state index in [1.54, 1.807) is 0 Å². The van der Waals surface area contributed by atoms with Gasteiger partial charge in [-0.15, -0.1) is 0 Å². The van der Waals surface area contributed by atoms with E-state index in [2.05, 4.69) is 10.7 Å². The van der Waals surface area contributed by atoms with Crippen LogP contribution in [0.3, 0.4) is 0 Å². The van der Waals surface area contributed by atoms with Gasteiger partial charge < -0.3 is 5.32 Å². The number of amides is 1. The van der Waals surface area contributed by atoms with E-state index in [1.807, 2.05) is 5.01 Å². The molecule has 1 atom stereocenters. The van der Waals surface area contributed by atoms with E-state index in [9.17, 15) is 4.79 Å². The minimum atomic E-state index is 0.166. The van der Waals surface area contributed by atoms with Crippen LogP contribution in [0.15, 0.2) is 0 Å².